The maximum absolute atomic E-state index is 14.1. The normalized spacial score (nSPS) is 14.2. The molecular weight excluding hydrogens is 787 g/mol. The number of hydrogen-bond acceptors (Lipinski definition) is 10. The third-order valence-corrected chi connectivity index (χ3v) is 9.54. The molecule has 0 aromatic heterocycles. The number of amides is 5. The number of carbonyl (C=O) groups excluding carboxylic acids is 6. The Morgan fingerprint density at radius 3 is 1.70 bits per heavy atom. The average Bonchev–Trinajstić information content (AvgIpc) is 3.50. The lowest BCUT2D eigenvalue weighted by Crippen LogP contribution is -2.59. The Balaban J connectivity index is 1.52. The first-order valence-electron chi connectivity index (χ1n) is 20.1. The Hall–Kier alpha value is -6.29. The van der Waals surface area contributed by atoms with Crippen molar-refractivity contribution in [3.05, 3.63) is 95.6 Å². The number of carboxylic acid groups (broad SMARTS) is 1. The van der Waals surface area contributed by atoms with Gasteiger partial charge in [-0.2, -0.15) is 0 Å². The number of rotatable bonds is 20. The first kappa shape index (κ1) is 47.4. The van der Waals surface area contributed by atoms with Crippen molar-refractivity contribution in [2.24, 2.45) is 5.73 Å². The molecule has 1 aliphatic rings. The van der Waals surface area contributed by atoms with E-state index in [4.69, 9.17) is 19.9 Å². The summed E-state index contributed by atoms with van der Waals surface area (Å²) < 4.78 is 16.9. The Labute approximate surface area is 355 Å². The van der Waals surface area contributed by atoms with Gasteiger partial charge in [0.2, 0.25) is 23.6 Å². The molecule has 0 spiro atoms. The predicted octanol–water partition coefficient (Wildman–Crippen LogP) is 3.88. The summed E-state index contributed by atoms with van der Waals surface area (Å²) in [6.45, 7) is 9.94. The van der Waals surface area contributed by atoms with Crippen molar-refractivity contribution in [3.63, 3.8) is 0 Å². The number of alkyl carbamates (subject to hydrolysis) is 1. The number of nitrogens with two attached hydrogens (primary N) is 1. The molecular formula is C45H57N5O11. The van der Waals surface area contributed by atoms with E-state index in [1.165, 1.54) is 0 Å². The summed E-state index contributed by atoms with van der Waals surface area (Å²) in [7, 11) is 0. The molecule has 0 aliphatic heterocycles. The Bertz CT molecular complexity index is 2000. The van der Waals surface area contributed by atoms with Gasteiger partial charge in [0.1, 0.15) is 36.4 Å². The number of aliphatic carboxylic acids is 1. The number of carbonyl (C=O) groups is 7. The van der Waals surface area contributed by atoms with Crippen molar-refractivity contribution in [1.29, 1.82) is 0 Å². The summed E-state index contributed by atoms with van der Waals surface area (Å²) in [6.07, 6.45) is -2.31. The van der Waals surface area contributed by atoms with E-state index in [0.717, 1.165) is 22.3 Å². The molecule has 0 heterocycles. The van der Waals surface area contributed by atoms with Crippen LogP contribution in [0.25, 0.3) is 11.1 Å². The first-order chi connectivity index (χ1) is 28.7. The van der Waals surface area contributed by atoms with Crippen LogP contribution in [0, 0.1) is 0 Å². The lowest BCUT2D eigenvalue weighted by molar-refractivity contribution is -0.155. The fourth-order valence-corrected chi connectivity index (χ4v) is 6.64. The molecule has 0 fully saturated rings. The zero-order valence-electron chi connectivity index (χ0n) is 35.4. The molecule has 0 saturated heterocycles. The number of nitrogens with one attached hydrogen (secondary N) is 4. The second kappa shape index (κ2) is 21.3. The summed E-state index contributed by atoms with van der Waals surface area (Å²) >= 11 is 0. The highest BCUT2D eigenvalue weighted by molar-refractivity contribution is 5.95. The molecule has 61 heavy (non-hydrogen) atoms. The van der Waals surface area contributed by atoms with Gasteiger partial charge >= 0.3 is 18.0 Å². The van der Waals surface area contributed by atoms with Gasteiger partial charge < -0.3 is 46.3 Å². The molecule has 328 valence electrons. The zero-order chi connectivity index (χ0) is 44.9. The average molecular weight is 844 g/mol. The van der Waals surface area contributed by atoms with Crippen LogP contribution in [-0.2, 0) is 49.4 Å². The van der Waals surface area contributed by atoms with Crippen LogP contribution in [0.4, 0.5) is 4.79 Å². The van der Waals surface area contributed by atoms with Crippen LogP contribution in [0.15, 0.2) is 78.9 Å². The van der Waals surface area contributed by atoms with Gasteiger partial charge in [0.25, 0.3) is 0 Å². The van der Waals surface area contributed by atoms with Crippen LogP contribution in [0.5, 0.6) is 0 Å². The lowest BCUT2D eigenvalue weighted by Gasteiger charge is -2.28. The van der Waals surface area contributed by atoms with Crippen LogP contribution in [0.3, 0.4) is 0 Å². The van der Waals surface area contributed by atoms with E-state index in [-0.39, 0.29) is 51.2 Å². The molecule has 3 aromatic rings. The highest BCUT2D eigenvalue weighted by Crippen LogP contribution is 2.44. The van der Waals surface area contributed by atoms with Crippen molar-refractivity contribution >= 4 is 41.7 Å². The molecule has 16 heteroatoms. The molecule has 0 saturated carbocycles. The van der Waals surface area contributed by atoms with E-state index < -0.39 is 77.0 Å². The molecule has 1 aliphatic carbocycles. The van der Waals surface area contributed by atoms with Gasteiger partial charge in [-0.3, -0.25) is 24.0 Å². The van der Waals surface area contributed by atoms with Crippen LogP contribution >= 0.6 is 0 Å². The molecule has 0 unspecified atom stereocenters. The van der Waals surface area contributed by atoms with Gasteiger partial charge in [-0.15, -0.1) is 0 Å². The third-order valence-electron chi connectivity index (χ3n) is 9.54. The summed E-state index contributed by atoms with van der Waals surface area (Å²) in [6, 6.07) is 18.6. The van der Waals surface area contributed by atoms with Gasteiger partial charge in [-0.25, -0.2) is 9.59 Å². The highest BCUT2D eigenvalue weighted by Gasteiger charge is 2.34. The minimum absolute atomic E-state index is 0.0220. The predicted molar refractivity (Wildman–Crippen MR) is 225 cm³/mol. The highest BCUT2D eigenvalue weighted by atomic mass is 16.6. The number of carboxylic acids is 1. The number of primary amides is 1. The Kier molecular flexibility index (Phi) is 16.5. The summed E-state index contributed by atoms with van der Waals surface area (Å²) in [5.41, 5.74) is 8.53. The van der Waals surface area contributed by atoms with E-state index in [2.05, 4.69) is 21.3 Å². The zero-order valence-corrected chi connectivity index (χ0v) is 35.4. The largest absolute Gasteiger partial charge is 0.480 e. The van der Waals surface area contributed by atoms with Crippen molar-refractivity contribution in [3.8, 4) is 11.1 Å². The molecule has 3 aromatic carbocycles. The topological polar surface area (TPSA) is 242 Å². The standard InChI is InChI=1S/C45H57N5O11/c1-44(2,3)60-26-36(50-43(58)59-25-32-30-18-12-10-16-28(30)29-17-11-13-19-31(29)32)41(55)49-35(24-27-14-8-7-9-15-27)40(54)47-33(20-22-37(46)51)39(53)48-34(42(56)57)21-23-38(52)61-45(4,5)6/h7-19,32-36H,20-26H2,1-6H3,(H2,46,51)(H,47,54)(H,48,53)(H,49,55)(H,50,58)(H,56,57)/t33-,34+,35-,36+/m1/s1. The minimum Gasteiger partial charge on any atom is -0.480 e. The van der Waals surface area contributed by atoms with Crippen molar-refractivity contribution in [2.45, 2.75) is 115 Å². The number of benzene rings is 3. The second-order valence-electron chi connectivity index (χ2n) is 16.8. The number of ether oxygens (including phenoxy) is 3. The van der Waals surface area contributed by atoms with Crippen molar-refractivity contribution < 1.29 is 52.9 Å². The molecule has 0 radical (unpaired) electrons. The molecule has 5 amide bonds. The summed E-state index contributed by atoms with van der Waals surface area (Å²) in [4.78, 5) is 91.3. The summed E-state index contributed by atoms with van der Waals surface area (Å²) in [5, 5.41) is 20.0. The maximum Gasteiger partial charge on any atom is 0.407 e. The monoisotopic (exact) mass is 843 g/mol. The Morgan fingerprint density at radius 2 is 1.15 bits per heavy atom. The fraction of sp³-hybridized carbons (Fsp3) is 0.444. The van der Waals surface area contributed by atoms with Gasteiger partial charge in [-0.1, -0.05) is 78.9 Å². The van der Waals surface area contributed by atoms with E-state index >= 15 is 0 Å². The van der Waals surface area contributed by atoms with Gasteiger partial charge in [0.05, 0.1) is 12.2 Å². The summed E-state index contributed by atoms with van der Waals surface area (Å²) in [5.74, 6) is -5.79. The molecule has 4 atom stereocenters. The van der Waals surface area contributed by atoms with Gasteiger partial charge in [0, 0.05) is 25.2 Å². The van der Waals surface area contributed by atoms with Gasteiger partial charge in [0.15, 0.2) is 0 Å². The molecule has 16 nitrogen and oxygen atoms in total. The smallest absolute Gasteiger partial charge is 0.407 e. The lowest BCUT2D eigenvalue weighted by atomic mass is 9.98. The minimum atomic E-state index is -1.56. The van der Waals surface area contributed by atoms with E-state index in [1.807, 2.05) is 48.5 Å². The van der Waals surface area contributed by atoms with E-state index in [1.54, 1.807) is 71.9 Å². The van der Waals surface area contributed by atoms with E-state index in [0.29, 0.717) is 5.56 Å². The van der Waals surface area contributed by atoms with Crippen LogP contribution in [0.2, 0.25) is 0 Å². The molecule has 0 bridgehead atoms. The molecule has 7 N–H and O–H groups in total. The maximum atomic E-state index is 14.1. The van der Waals surface area contributed by atoms with Gasteiger partial charge in [-0.05, 0) is 82.2 Å². The fourth-order valence-electron chi connectivity index (χ4n) is 6.64. The number of hydrogen-bond donors (Lipinski definition) is 6. The SMILES string of the molecule is CC(C)(C)OC[C@H](NC(=O)OCC1c2ccccc2-c2ccccc21)C(=O)N[C@H](Cc1ccccc1)C(=O)N[C@H](CCC(N)=O)C(=O)N[C@@H](CCC(=O)OC(C)(C)C)C(=O)O. The molecule has 4 rings (SSSR count). The quantitative estimate of drug-likeness (QED) is 0.0892. The van der Waals surface area contributed by atoms with Crippen molar-refractivity contribution in [1.82, 2.24) is 21.3 Å². The van der Waals surface area contributed by atoms with E-state index in [9.17, 15) is 38.7 Å². The number of fused-ring (bicyclic) bond motifs is 3. The first-order valence-corrected chi connectivity index (χ1v) is 20.1. The second-order valence-corrected chi connectivity index (χ2v) is 16.8. The Morgan fingerprint density at radius 1 is 0.639 bits per heavy atom. The van der Waals surface area contributed by atoms with Crippen LogP contribution in [-0.4, -0.2) is 95.4 Å². The van der Waals surface area contributed by atoms with Crippen LogP contribution in [0.1, 0.15) is 89.8 Å². The van der Waals surface area contributed by atoms with Crippen molar-refractivity contribution in [2.75, 3.05) is 13.2 Å². The van der Waals surface area contributed by atoms with Crippen LogP contribution < -0.4 is 27.0 Å². The number of esters is 1. The third kappa shape index (κ3) is 15.0.